The Bertz CT molecular complexity index is 654. The molecule has 4 heteroatoms. The summed E-state index contributed by atoms with van der Waals surface area (Å²) in [6.07, 6.45) is 5.61. The summed E-state index contributed by atoms with van der Waals surface area (Å²) >= 11 is 0. The Kier molecular flexibility index (Phi) is 3.29. The molecule has 4 nitrogen and oxygen atoms in total. The van der Waals surface area contributed by atoms with Gasteiger partial charge in [0.1, 0.15) is 5.75 Å². The highest BCUT2D eigenvalue weighted by molar-refractivity contribution is 5.46. The van der Waals surface area contributed by atoms with E-state index in [2.05, 4.69) is 30.1 Å². The van der Waals surface area contributed by atoms with Crippen LogP contribution >= 0.6 is 0 Å². The molecule has 5 rings (SSSR count). The molecular formula is C20H27NO3. The van der Waals surface area contributed by atoms with Crippen molar-refractivity contribution in [3.05, 3.63) is 29.3 Å². The topological polar surface area (TPSA) is 30.9 Å². The van der Waals surface area contributed by atoms with Crippen molar-refractivity contribution in [3.63, 3.8) is 0 Å². The Morgan fingerprint density at radius 1 is 1.21 bits per heavy atom. The second-order valence-corrected chi connectivity index (χ2v) is 8.11. The van der Waals surface area contributed by atoms with E-state index >= 15 is 0 Å². The molecule has 0 amide bonds. The highest BCUT2D eigenvalue weighted by Crippen LogP contribution is 2.59. The number of nitrogens with zero attached hydrogens (tertiary/aromatic N) is 1. The number of fused-ring (bicyclic) bond motifs is 1. The summed E-state index contributed by atoms with van der Waals surface area (Å²) in [5, 5.41) is 0. The lowest BCUT2D eigenvalue weighted by Gasteiger charge is -2.60. The first-order valence-corrected chi connectivity index (χ1v) is 9.31. The van der Waals surface area contributed by atoms with Crippen molar-refractivity contribution in [2.24, 2.45) is 5.92 Å². The fraction of sp³-hybridized carbons (Fsp3) is 0.700. The number of rotatable bonds is 1. The van der Waals surface area contributed by atoms with E-state index in [4.69, 9.17) is 14.2 Å². The number of likely N-dealkylation sites (N-methyl/N-ethyl adjacent to an activating group) is 1. The Morgan fingerprint density at radius 3 is 2.83 bits per heavy atom. The molecule has 3 fully saturated rings. The molecule has 0 aromatic heterocycles. The predicted octanol–water partition coefficient (Wildman–Crippen LogP) is 2.74. The van der Waals surface area contributed by atoms with Gasteiger partial charge in [0, 0.05) is 24.3 Å². The number of likely N-dealkylation sites (tertiary alicyclic amines) is 1. The monoisotopic (exact) mass is 329 g/mol. The molecular weight excluding hydrogens is 302 g/mol. The van der Waals surface area contributed by atoms with E-state index in [1.54, 1.807) is 7.11 Å². The van der Waals surface area contributed by atoms with Gasteiger partial charge in [0.25, 0.3) is 0 Å². The maximum Gasteiger partial charge on any atom is 0.169 e. The van der Waals surface area contributed by atoms with E-state index in [0.29, 0.717) is 12.0 Å². The molecule has 1 aromatic carbocycles. The van der Waals surface area contributed by atoms with Crippen LogP contribution in [0.4, 0.5) is 0 Å². The first-order chi connectivity index (χ1) is 11.7. The Labute approximate surface area is 144 Å². The zero-order valence-electron chi connectivity index (χ0n) is 14.7. The quantitative estimate of drug-likeness (QED) is 0.793. The standard InChI is InChI=1S/C20H27NO3/c1-21-8-7-19-13-20(23-9-10-24-20)6-5-16(19)18(21)11-14-3-4-15(22-2)12-17(14)19/h3-4,12,16,18H,5-11,13H2,1-2H3/t16-,18+,19+/m1/s1. The zero-order chi connectivity index (χ0) is 16.4. The summed E-state index contributed by atoms with van der Waals surface area (Å²) in [5.74, 6) is 1.34. The van der Waals surface area contributed by atoms with Gasteiger partial charge in [0.05, 0.1) is 20.3 Å². The normalized spacial score (nSPS) is 37.1. The van der Waals surface area contributed by atoms with E-state index in [9.17, 15) is 0 Å². The Morgan fingerprint density at radius 2 is 2.04 bits per heavy atom. The van der Waals surface area contributed by atoms with E-state index < -0.39 is 0 Å². The molecule has 0 N–H and O–H groups in total. The van der Waals surface area contributed by atoms with Crippen LogP contribution in [0.5, 0.6) is 5.75 Å². The molecule has 0 unspecified atom stereocenters. The second kappa shape index (κ2) is 5.20. The lowest BCUT2D eigenvalue weighted by molar-refractivity contribution is -0.212. The number of hydrogen-bond donors (Lipinski definition) is 0. The highest BCUT2D eigenvalue weighted by Gasteiger charge is 2.60. The summed E-state index contributed by atoms with van der Waals surface area (Å²) in [5.41, 5.74) is 3.19. The van der Waals surface area contributed by atoms with Crippen LogP contribution in [0.2, 0.25) is 0 Å². The molecule has 1 saturated carbocycles. The van der Waals surface area contributed by atoms with Crippen molar-refractivity contribution in [3.8, 4) is 5.75 Å². The maximum atomic E-state index is 6.15. The van der Waals surface area contributed by atoms with E-state index in [1.165, 1.54) is 24.0 Å². The van der Waals surface area contributed by atoms with Crippen molar-refractivity contribution >= 4 is 0 Å². The third-order valence-corrected chi connectivity index (χ3v) is 7.17. The largest absolute Gasteiger partial charge is 0.497 e. The zero-order valence-corrected chi connectivity index (χ0v) is 14.7. The average molecular weight is 329 g/mol. The van der Waals surface area contributed by atoms with Gasteiger partial charge in [0.2, 0.25) is 0 Å². The minimum absolute atomic E-state index is 0.182. The van der Waals surface area contributed by atoms with Gasteiger partial charge in [0.15, 0.2) is 5.79 Å². The van der Waals surface area contributed by atoms with Crippen molar-refractivity contribution < 1.29 is 14.2 Å². The van der Waals surface area contributed by atoms with Crippen LogP contribution in [-0.2, 0) is 21.3 Å². The molecule has 24 heavy (non-hydrogen) atoms. The molecule has 1 spiro atoms. The van der Waals surface area contributed by atoms with Crippen LogP contribution in [0.15, 0.2) is 18.2 Å². The van der Waals surface area contributed by atoms with Gasteiger partial charge in [-0.05, 0) is 62.0 Å². The van der Waals surface area contributed by atoms with Gasteiger partial charge >= 0.3 is 0 Å². The molecule has 0 radical (unpaired) electrons. The fourth-order valence-corrected chi connectivity index (χ4v) is 6.06. The summed E-state index contributed by atoms with van der Waals surface area (Å²) in [4.78, 5) is 2.59. The number of methoxy groups -OCH3 is 1. The average Bonchev–Trinajstić information content (AvgIpc) is 3.05. The Hall–Kier alpha value is -1.10. The van der Waals surface area contributed by atoms with Crippen molar-refractivity contribution in [2.75, 3.05) is 33.9 Å². The molecule has 2 bridgehead atoms. The minimum Gasteiger partial charge on any atom is -0.497 e. The van der Waals surface area contributed by atoms with Gasteiger partial charge in [-0.3, -0.25) is 0 Å². The number of hydrogen-bond acceptors (Lipinski definition) is 4. The van der Waals surface area contributed by atoms with Gasteiger partial charge in [-0.25, -0.2) is 0 Å². The van der Waals surface area contributed by atoms with Gasteiger partial charge in [-0.15, -0.1) is 0 Å². The molecule has 2 heterocycles. The number of piperidine rings is 1. The molecule has 2 aliphatic heterocycles. The second-order valence-electron chi connectivity index (χ2n) is 8.11. The smallest absolute Gasteiger partial charge is 0.169 e. The molecule has 4 aliphatic rings. The third-order valence-electron chi connectivity index (χ3n) is 7.17. The van der Waals surface area contributed by atoms with Crippen molar-refractivity contribution in [1.29, 1.82) is 0 Å². The first kappa shape index (κ1) is 15.2. The lowest BCUT2D eigenvalue weighted by atomic mass is 9.51. The SMILES string of the molecule is COc1ccc2c(c1)[C@]13CCN(C)[C@@H](C2)[C@H]1CCC1(C3)OCCO1. The molecule has 130 valence electrons. The summed E-state index contributed by atoms with van der Waals surface area (Å²) in [7, 11) is 4.07. The highest BCUT2D eigenvalue weighted by atomic mass is 16.7. The summed E-state index contributed by atoms with van der Waals surface area (Å²) < 4.78 is 17.9. The van der Waals surface area contributed by atoms with Crippen molar-refractivity contribution in [1.82, 2.24) is 4.90 Å². The van der Waals surface area contributed by atoms with Crippen LogP contribution in [0.3, 0.4) is 0 Å². The van der Waals surface area contributed by atoms with Crippen LogP contribution in [-0.4, -0.2) is 50.6 Å². The van der Waals surface area contributed by atoms with Crippen LogP contribution in [0.1, 0.15) is 36.8 Å². The lowest BCUT2D eigenvalue weighted by Crippen LogP contribution is -2.63. The Balaban J connectivity index is 1.65. The van der Waals surface area contributed by atoms with Gasteiger partial charge < -0.3 is 19.1 Å². The molecule has 2 aliphatic carbocycles. The fourth-order valence-electron chi connectivity index (χ4n) is 6.06. The maximum absolute atomic E-state index is 6.15. The number of ether oxygens (including phenoxy) is 3. The summed E-state index contributed by atoms with van der Waals surface area (Å²) in [6, 6.07) is 7.36. The minimum atomic E-state index is -0.339. The van der Waals surface area contributed by atoms with Crippen LogP contribution < -0.4 is 4.74 Å². The first-order valence-electron chi connectivity index (χ1n) is 9.31. The van der Waals surface area contributed by atoms with Gasteiger partial charge in [-0.2, -0.15) is 0 Å². The van der Waals surface area contributed by atoms with E-state index in [-0.39, 0.29) is 11.2 Å². The molecule has 2 saturated heterocycles. The van der Waals surface area contributed by atoms with E-state index in [0.717, 1.165) is 44.8 Å². The van der Waals surface area contributed by atoms with E-state index in [1.807, 2.05) is 0 Å². The van der Waals surface area contributed by atoms with Crippen molar-refractivity contribution in [2.45, 2.75) is 49.3 Å². The number of benzene rings is 1. The third kappa shape index (κ3) is 1.97. The molecule has 3 atom stereocenters. The predicted molar refractivity (Wildman–Crippen MR) is 91.4 cm³/mol. The van der Waals surface area contributed by atoms with Gasteiger partial charge in [-0.1, -0.05) is 6.07 Å². The molecule has 1 aromatic rings. The van der Waals surface area contributed by atoms with Crippen LogP contribution in [0.25, 0.3) is 0 Å². The van der Waals surface area contributed by atoms with Crippen LogP contribution in [0, 0.1) is 5.92 Å². The summed E-state index contributed by atoms with van der Waals surface area (Å²) in [6.45, 7) is 2.65.